The smallest absolute Gasteiger partial charge is 0.00982 e. The van der Waals surface area contributed by atoms with Crippen molar-refractivity contribution in [3.63, 3.8) is 0 Å². The fourth-order valence-electron chi connectivity index (χ4n) is 1.67. The lowest BCUT2D eigenvalue weighted by molar-refractivity contribution is 0.446. The molecule has 0 bridgehead atoms. The van der Waals surface area contributed by atoms with Crippen LogP contribution < -0.4 is 5.32 Å². The molecule has 0 spiro atoms. The van der Waals surface area contributed by atoms with Gasteiger partial charge in [0.15, 0.2) is 0 Å². The van der Waals surface area contributed by atoms with Gasteiger partial charge in [-0.25, -0.2) is 0 Å². The summed E-state index contributed by atoms with van der Waals surface area (Å²) in [6.07, 6.45) is 5.35. The molecule has 1 rings (SSSR count). The average Bonchev–Trinajstić information content (AvgIpc) is 2.79. The summed E-state index contributed by atoms with van der Waals surface area (Å²) in [6, 6.07) is 0.770. The average molecular weight is 167 g/mol. The second-order valence-electron chi connectivity index (χ2n) is 4.00. The summed E-state index contributed by atoms with van der Waals surface area (Å²) in [4.78, 5) is 0. The Bertz CT molecular complexity index is 147. The van der Waals surface area contributed by atoms with Gasteiger partial charge in [-0.05, 0) is 45.1 Å². The summed E-state index contributed by atoms with van der Waals surface area (Å²) >= 11 is 0. The first-order valence-corrected chi connectivity index (χ1v) is 5.11. The molecule has 0 aliphatic heterocycles. The van der Waals surface area contributed by atoms with Crippen LogP contribution in [0.2, 0.25) is 0 Å². The van der Waals surface area contributed by atoms with Gasteiger partial charge in [0.2, 0.25) is 0 Å². The lowest BCUT2D eigenvalue weighted by atomic mass is 10.0. The van der Waals surface area contributed by atoms with E-state index in [4.69, 9.17) is 0 Å². The molecular weight excluding hydrogens is 146 g/mol. The monoisotopic (exact) mass is 167 g/mol. The van der Waals surface area contributed by atoms with Crippen molar-refractivity contribution in [3.05, 3.63) is 12.2 Å². The Hall–Kier alpha value is -0.300. The molecule has 0 heterocycles. The second-order valence-corrected chi connectivity index (χ2v) is 4.00. The van der Waals surface area contributed by atoms with E-state index >= 15 is 0 Å². The van der Waals surface area contributed by atoms with Crippen molar-refractivity contribution < 1.29 is 0 Å². The van der Waals surface area contributed by atoms with Gasteiger partial charge in [0.1, 0.15) is 0 Å². The first-order valence-electron chi connectivity index (χ1n) is 5.11. The molecule has 1 saturated carbocycles. The summed E-state index contributed by atoms with van der Waals surface area (Å²) in [5, 5.41) is 3.56. The second kappa shape index (κ2) is 4.66. The van der Waals surface area contributed by atoms with Gasteiger partial charge in [0.05, 0.1) is 0 Å². The minimum atomic E-state index is 0.770. The van der Waals surface area contributed by atoms with Crippen molar-refractivity contribution in [1.29, 1.82) is 0 Å². The quantitative estimate of drug-likeness (QED) is 0.600. The van der Waals surface area contributed by atoms with Crippen molar-refractivity contribution in [2.24, 2.45) is 5.92 Å². The zero-order chi connectivity index (χ0) is 8.97. The molecule has 0 aromatic rings. The summed E-state index contributed by atoms with van der Waals surface area (Å²) in [7, 11) is 0. The fourth-order valence-corrected chi connectivity index (χ4v) is 1.67. The van der Waals surface area contributed by atoms with E-state index in [9.17, 15) is 0 Å². The topological polar surface area (TPSA) is 12.0 Å². The van der Waals surface area contributed by atoms with E-state index in [-0.39, 0.29) is 0 Å². The van der Waals surface area contributed by atoms with E-state index < -0.39 is 0 Å². The zero-order valence-electron chi connectivity index (χ0n) is 8.40. The van der Waals surface area contributed by atoms with Crippen LogP contribution in [0.5, 0.6) is 0 Å². The van der Waals surface area contributed by atoms with Gasteiger partial charge in [-0.3, -0.25) is 0 Å². The minimum Gasteiger partial charge on any atom is -0.314 e. The minimum absolute atomic E-state index is 0.770. The van der Waals surface area contributed by atoms with E-state index in [0.29, 0.717) is 0 Å². The molecular formula is C11H21N. The van der Waals surface area contributed by atoms with Gasteiger partial charge in [-0.2, -0.15) is 0 Å². The maximum Gasteiger partial charge on any atom is 0.00982 e. The molecule has 1 aliphatic rings. The highest BCUT2D eigenvalue weighted by Gasteiger charge is 2.29. The maximum atomic E-state index is 3.94. The number of hydrogen-bond acceptors (Lipinski definition) is 1. The van der Waals surface area contributed by atoms with Crippen LogP contribution in [-0.4, -0.2) is 12.6 Å². The van der Waals surface area contributed by atoms with Crippen LogP contribution in [0.4, 0.5) is 0 Å². The normalized spacial score (nSPS) is 19.2. The van der Waals surface area contributed by atoms with Gasteiger partial charge in [0, 0.05) is 6.04 Å². The number of allylic oxidation sites excluding steroid dienone is 1. The van der Waals surface area contributed by atoms with Gasteiger partial charge < -0.3 is 5.32 Å². The summed E-state index contributed by atoms with van der Waals surface area (Å²) in [5.74, 6) is 0.976. The van der Waals surface area contributed by atoms with Crippen molar-refractivity contribution >= 4 is 0 Å². The van der Waals surface area contributed by atoms with E-state index in [2.05, 4.69) is 25.7 Å². The fraction of sp³-hybridized carbons (Fsp3) is 0.818. The van der Waals surface area contributed by atoms with E-state index in [1.807, 2.05) is 0 Å². The highest BCUT2D eigenvalue weighted by Crippen LogP contribution is 2.34. The first kappa shape index (κ1) is 9.79. The molecule has 12 heavy (non-hydrogen) atoms. The van der Waals surface area contributed by atoms with Crippen LogP contribution in [0.25, 0.3) is 0 Å². The van der Waals surface area contributed by atoms with Gasteiger partial charge in [-0.15, -0.1) is 6.58 Å². The predicted molar refractivity (Wildman–Crippen MR) is 54.2 cm³/mol. The Morgan fingerprint density at radius 1 is 1.58 bits per heavy atom. The molecule has 0 radical (unpaired) electrons. The van der Waals surface area contributed by atoms with Gasteiger partial charge in [0.25, 0.3) is 0 Å². The van der Waals surface area contributed by atoms with Crippen molar-refractivity contribution in [3.8, 4) is 0 Å². The Kier molecular flexibility index (Phi) is 3.80. The Balaban J connectivity index is 2.18. The largest absolute Gasteiger partial charge is 0.314 e. The Labute approximate surface area is 76.2 Å². The molecule has 1 nitrogen and oxygen atoms in total. The highest BCUT2D eigenvalue weighted by molar-refractivity contribution is 4.93. The number of nitrogens with one attached hydrogen (secondary N) is 1. The van der Waals surface area contributed by atoms with Crippen molar-refractivity contribution in [1.82, 2.24) is 5.32 Å². The molecule has 70 valence electrons. The third-order valence-electron chi connectivity index (χ3n) is 2.54. The van der Waals surface area contributed by atoms with Crippen molar-refractivity contribution in [2.45, 2.75) is 45.6 Å². The lowest BCUT2D eigenvalue weighted by Crippen LogP contribution is -2.30. The van der Waals surface area contributed by atoms with Crippen LogP contribution in [0.15, 0.2) is 12.2 Å². The standard InChI is InChI=1S/C11H21N/c1-4-12-11(10-6-7-10)8-5-9(2)3/h10-12H,2,4-8H2,1,3H3. The third-order valence-corrected chi connectivity index (χ3v) is 2.54. The predicted octanol–water partition coefficient (Wildman–Crippen LogP) is 2.73. The zero-order valence-corrected chi connectivity index (χ0v) is 8.40. The summed E-state index contributed by atoms with van der Waals surface area (Å²) in [5.41, 5.74) is 1.32. The molecule has 0 amide bonds. The van der Waals surface area contributed by atoms with E-state index in [0.717, 1.165) is 18.5 Å². The van der Waals surface area contributed by atoms with Gasteiger partial charge >= 0.3 is 0 Å². The summed E-state index contributed by atoms with van der Waals surface area (Å²) < 4.78 is 0. The molecule has 1 atom stereocenters. The molecule has 0 aromatic carbocycles. The molecule has 1 fully saturated rings. The third kappa shape index (κ3) is 3.40. The lowest BCUT2D eigenvalue weighted by Gasteiger charge is -2.16. The first-order chi connectivity index (χ1) is 5.74. The van der Waals surface area contributed by atoms with Crippen LogP contribution in [0.3, 0.4) is 0 Å². The molecule has 0 saturated heterocycles. The SMILES string of the molecule is C=C(C)CCC(NCC)C1CC1. The van der Waals surface area contributed by atoms with E-state index in [1.165, 1.54) is 31.3 Å². The van der Waals surface area contributed by atoms with Crippen LogP contribution in [0, 0.1) is 5.92 Å². The highest BCUT2D eigenvalue weighted by atomic mass is 14.9. The van der Waals surface area contributed by atoms with Crippen molar-refractivity contribution in [2.75, 3.05) is 6.54 Å². The molecule has 1 heteroatoms. The molecule has 1 aliphatic carbocycles. The maximum absolute atomic E-state index is 3.94. The summed E-state index contributed by atoms with van der Waals surface area (Å²) in [6.45, 7) is 9.36. The number of rotatable bonds is 6. The van der Waals surface area contributed by atoms with Gasteiger partial charge in [-0.1, -0.05) is 12.5 Å². The Morgan fingerprint density at radius 3 is 2.67 bits per heavy atom. The molecule has 1 unspecified atom stereocenters. The van der Waals surface area contributed by atoms with Crippen LogP contribution in [-0.2, 0) is 0 Å². The van der Waals surface area contributed by atoms with E-state index in [1.54, 1.807) is 0 Å². The van der Waals surface area contributed by atoms with Crippen LogP contribution in [0.1, 0.15) is 39.5 Å². The molecule has 1 N–H and O–H groups in total. The number of hydrogen-bond donors (Lipinski definition) is 1. The molecule has 0 aromatic heterocycles. The van der Waals surface area contributed by atoms with Crippen LogP contribution >= 0.6 is 0 Å². The Morgan fingerprint density at radius 2 is 2.25 bits per heavy atom.